The highest BCUT2D eigenvalue weighted by atomic mass is 16.3. The summed E-state index contributed by atoms with van der Waals surface area (Å²) >= 11 is 0. The third-order valence-electron chi connectivity index (χ3n) is 6.05. The number of aliphatic hydroxyl groups excluding tert-OH is 2. The van der Waals surface area contributed by atoms with Crippen molar-refractivity contribution in [1.29, 1.82) is 0 Å². The Morgan fingerprint density at radius 3 is 1.46 bits per heavy atom. The van der Waals surface area contributed by atoms with Gasteiger partial charge in [-0.1, -0.05) is 36.4 Å². The van der Waals surface area contributed by atoms with Gasteiger partial charge in [-0.3, -0.25) is 0 Å². The van der Waals surface area contributed by atoms with Crippen LogP contribution in [0.4, 0.5) is 0 Å². The van der Waals surface area contributed by atoms with Crippen molar-refractivity contribution in [3.63, 3.8) is 0 Å². The molecule has 0 saturated heterocycles. The zero-order chi connectivity index (χ0) is 18.0. The monoisotopic (exact) mass is 346 g/mol. The second kappa shape index (κ2) is 5.47. The normalized spacial score (nSPS) is 25.7. The van der Waals surface area contributed by atoms with Gasteiger partial charge in [-0.15, -0.1) is 0 Å². The van der Waals surface area contributed by atoms with E-state index >= 15 is 0 Å². The van der Waals surface area contributed by atoms with Crippen LogP contribution in [-0.2, 0) is 14.1 Å². The maximum absolute atomic E-state index is 11.0. The van der Waals surface area contributed by atoms with Crippen LogP contribution >= 0.6 is 0 Å². The molecule has 2 aromatic carbocycles. The van der Waals surface area contributed by atoms with Crippen molar-refractivity contribution in [2.24, 2.45) is 14.1 Å². The highest BCUT2D eigenvalue weighted by Crippen LogP contribution is 2.51. The molecule has 0 unspecified atom stereocenters. The lowest BCUT2D eigenvalue weighted by Gasteiger charge is -2.46. The molecule has 0 radical (unpaired) electrons. The Balaban J connectivity index is 1.57. The first kappa shape index (κ1) is 15.7. The molecule has 0 spiro atoms. The molecule has 132 valence electrons. The predicted octanol–water partition coefficient (Wildman–Crippen LogP) is 3.27. The summed E-state index contributed by atoms with van der Waals surface area (Å²) in [5, 5.41) is 24.2. The number of aryl methyl sites for hydroxylation is 2. The predicted molar refractivity (Wildman–Crippen MR) is 103 cm³/mol. The van der Waals surface area contributed by atoms with Crippen LogP contribution in [0.25, 0.3) is 21.8 Å². The summed E-state index contributed by atoms with van der Waals surface area (Å²) in [6.07, 6.45) is 2.89. The van der Waals surface area contributed by atoms with E-state index in [4.69, 9.17) is 0 Å². The molecular weight excluding hydrogens is 324 g/mol. The topological polar surface area (TPSA) is 50.3 Å². The molecule has 2 heterocycles. The summed E-state index contributed by atoms with van der Waals surface area (Å²) in [5.41, 5.74) is 4.30. The minimum atomic E-state index is -0.596. The van der Waals surface area contributed by atoms with Gasteiger partial charge in [-0.25, -0.2) is 0 Å². The first-order valence-electron chi connectivity index (χ1n) is 9.02. The van der Waals surface area contributed by atoms with Gasteiger partial charge in [-0.05, 0) is 23.3 Å². The largest absolute Gasteiger partial charge is 0.392 e. The maximum Gasteiger partial charge on any atom is 0.0728 e. The van der Waals surface area contributed by atoms with Crippen LogP contribution in [-0.4, -0.2) is 31.6 Å². The lowest BCUT2D eigenvalue weighted by Crippen LogP contribution is -2.51. The number of nitrogens with zero attached hydrogens (tertiary/aromatic N) is 2. The molecule has 1 fully saturated rings. The van der Waals surface area contributed by atoms with E-state index < -0.39 is 12.2 Å². The van der Waals surface area contributed by atoms with Crippen LogP contribution in [0.3, 0.4) is 0 Å². The average Bonchev–Trinajstić information content (AvgIpc) is 3.14. The van der Waals surface area contributed by atoms with E-state index in [2.05, 4.69) is 33.4 Å². The van der Waals surface area contributed by atoms with Crippen molar-refractivity contribution < 1.29 is 10.2 Å². The number of benzene rings is 2. The highest BCUT2D eigenvalue weighted by molar-refractivity contribution is 5.86. The molecule has 2 N–H and O–H groups in total. The van der Waals surface area contributed by atoms with Crippen LogP contribution in [0.2, 0.25) is 0 Å². The van der Waals surface area contributed by atoms with Crippen molar-refractivity contribution in [1.82, 2.24) is 9.13 Å². The van der Waals surface area contributed by atoms with Crippen molar-refractivity contribution in [2.45, 2.75) is 24.0 Å². The summed E-state index contributed by atoms with van der Waals surface area (Å²) in [7, 11) is 4.01. The Morgan fingerprint density at radius 1 is 0.654 bits per heavy atom. The van der Waals surface area contributed by atoms with Crippen molar-refractivity contribution in [2.75, 3.05) is 0 Å². The van der Waals surface area contributed by atoms with Gasteiger partial charge in [0.05, 0.1) is 12.2 Å². The lowest BCUT2D eigenvalue weighted by atomic mass is 9.63. The molecule has 1 aliphatic rings. The molecule has 0 aliphatic heterocycles. The van der Waals surface area contributed by atoms with Crippen LogP contribution in [0, 0.1) is 0 Å². The van der Waals surface area contributed by atoms with Gasteiger partial charge in [0, 0.05) is 60.1 Å². The number of hydrogen-bond donors (Lipinski definition) is 2. The maximum atomic E-state index is 11.0. The van der Waals surface area contributed by atoms with Crippen LogP contribution in [0.5, 0.6) is 0 Å². The fourth-order valence-corrected chi connectivity index (χ4v) is 4.72. The molecule has 4 heteroatoms. The molecule has 26 heavy (non-hydrogen) atoms. The number of rotatable bonds is 2. The molecule has 4 aromatic rings. The second-order valence-corrected chi connectivity index (χ2v) is 7.46. The summed E-state index contributed by atoms with van der Waals surface area (Å²) < 4.78 is 4.13. The molecule has 4 nitrogen and oxygen atoms in total. The minimum absolute atomic E-state index is 0.259. The van der Waals surface area contributed by atoms with Gasteiger partial charge in [-0.2, -0.15) is 0 Å². The zero-order valence-corrected chi connectivity index (χ0v) is 14.9. The molecular formula is C22H22N2O2. The van der Waals surface area contributed by atoms with E-state index in [0.29, 0.717) is 0 Å². The van der Waals surface area contributed by atoms with Crippen LogP contribution in [0.1, 0.15) is 23.0 Å². The first-order valence-corrected chi connectivity index (χ1v) is 9.02. The van der Waals surface area contributed by atoms with Gasteiger partial charge in [0.2, 0.25) is 0 Å². The standard InChI is InChI=1S/C22H22N2O2/c1-23-11-15(13-7-3-5-9-17(13)23)19-21(25)20(22(19)26)16-12-24(2)18-10-6-4-8-14(16)18/h3-12,19-22,25-26H,1-2H3. The van der Waals surface area contributed by atoms with Gasteiger partial charge in [0.15, 0.2) is 0 Å². The van der Waals surface area contributed by atoms with E-state index in [0.717, 1.165) is 32.9 Å². The van der Waals surface area contributed by atoms with Crippen molar-refractivity contribution >= 4 is 21.8 Å². The lowest BCUT2D eigenvalue weighted by molar-refractivity contribution is -0.0776. The Hall–Kier alpha value is -2.56. The van der Waals surface area contributed by atoms with Gasteiger partial charge >= 0.3 is 0 Å². The van der Waals surface area contributed by atoms with Crippen LogP contribution < -0.4 is 0 Å². The SMILES string of the molecule is Cn1cc(C2C(O)C(c3cn(C)c4ccccc34)C2O)c2ccccc21. The molecule has 1 saturated carbocycles. The third-order valence-corrected chi connectivity index (χ3v) is 6.05. The Labute approximate surface area is 151 Å². The van der Waals surface area contributed by atoms with Crippen molar-refractivity contribution in [3.8, 4) is 0 Å². The highest BCUT2D eigenvalue weighted by Gasteiger charge is 2.51. The molecule has 0 bridgehead atoms. The second-order valence-electron chi connectivity index (χ2n) is 7.46. The molecule has 0 amide bonds. The number of hydrogen-bond acceptors (Lipinski definition) is 2. The van der Waals surface area contributed by atoms with E-state index in [9.17, 15) is 10.2 Å². The summed E-state index contributed by atoms with van der Waals surface area (Å²) in [6, 6.07) is 16.3. The summed E-state index contributed by atoms with van der Waals surface area (Å²) in [6.45, 7) is 0. The summed E-state index contributed by atoms with van der Waals surface area (Å²) in [4.78, 5) is 0. The van der Waals surface area contributed by atoms with Gasteiger partial charge in [0.25, 0.3) is 0 Å². The molecule has 5 rings (SSSR count). The number of para-hydroxylation sites is 2. The molecule has 1 aliphatic carbocycles. The van der Waals surface area contributed by atoms with E-state index in [1.54, 1.807) is 0 Å². The number of aromatic nitrogens is 2. The number of fused-ring (bicyclic) bond motifs is 2. The molecule has 0 atom stereocenters. The Kier molecular flexibility index (Phi) is 3.30. The minimum Gasteiger partial charge on any atom is -0.392 e. The van der Waals surface area contributed by atoms with E-state index in [-0.39, 0.29) is 11.8 Å². The van der Waals surface area contributed by atoms with Gasteiger partial charge in [0.1, 0.15) is 0 Å². The van der Waals surface area contributed by atoms with Gasteiger partial charge < -0.3 is 19.3 Å². The quantitative estimate of drug-likeness (QED) is 0.585. The van der Waals surface area contributed by atoms with Crippen molar-refractivity contribution in [3.05, 3.63) is 72.1 Å². The van der Waals surface area contributed by atoms with Crippen LogP contribution in [0.15, 0.2) is 60.9 Å². The Bertz CT molecular complexity index is 1030. The third kappa shape index (κ3) is 1.97. The van der Waals surface area contributed by atoms with E-state index in [1.807, 2.05) is 50.8 Å². The smallest absolute Gasteiger partial charge is 0.0728 e. The average molecular weight is 346 g/mol. The number of aliphatic hydroxyl groups is 2. The first-order chi connectivity index (χ1) is 12.6. The fourth-order valence-electron chi connectivity index (χ4n) is 4.72. The summed E-state index contributed by atoms with van der Waals surface area (Å²) in [5.74, 6) is -0.518. The van der Waals surface area contributed by atoms with E-state index in [1.165, 1.54) is 0 Å². The zero-order valence-electron chi connectivity index (χ0n) is 14.9. The Morgan fingerprint density at radius 2 is 1.04 bits per heavy atom. The molecule has 2 aromatic heterocycles. The fraction of sp³-hybridized carbons (Fsp3) is 0.273.